The number of amides is 1. The molecule has 0 spiro atoms. The van der Waals surface area contributed by atoms with Crippen molar-refractivity contribution in [3.05, 3.63) is 41.0 Å². The summed E-state index contributed by atoms with van der Waals surface area (Å²) in [5, 5.41) is 0. The number of hydrogen-bond donors (Lipinski definition) is 0. The van der Waals surface area contributed by atoms with Gasteiger partial charge in [-0.3, -0.25) is 4.79 Å². The van der Waals surface area contributed by atoms with Gasteiger partial charge < -0.3 is 4.90 Å². The Morgan fingerprint density at radius 1 is 1.24 bits per heavy atom. The van der Waals surface area contributed by atoms with Gasteiger partial charge in [0.1, 0.15) is 0 Å². The molecular weight excluding hydrogens is 210 g/mol. The molecule has 1 amide bonds. The average Bonchev–Trinajstić information content (AvgIpc) is 2.35. The Morgan fingerprint density at radius 2 is 2.00 bits per heavy atom. The number of allylic oxidation sites excluding steroid dienone is 1. The summed E-state index contributed by atoms with van der Waals surface area (Å²) in [6.07, 6.45) is 5.98. The van der Waals surface area contributed by atoms with E-state index in [0.717, 1.165) is 19.3 Å². The molecule has 1 aliphatic carbocycles. The van der Waals surface area contributed by atoms with Gasteiger partial charge in [-0.2, -0.15) is 0 Å². The zero-order chi connectivity index (χ0) is 12.3. The van der Waals surface area contributed by atoms with Crippen molar-refractivity contribution in [1.82, 2.24) is 4.90 Å². The summed E-state index contributed by atoms with van der Waals surface area (Å²) in [5.41, 5.74) is 4.15. The SMILES string of the molecule is CN(C)C(=O)CCC1=Cc2ccccc2CC1. The fourth-order valence-corrected chi connectivity index (χ4v) is 2.18. The molecule has 0 saturated carbocycles. The third-order valence-corrected chi connectivity index (χ3v) is 3.29. The average molecular weight is 229 g/mol. The lowest BCUT2D eigenvalue weighted by molar-refractivity contribution is -0.128. The minimum absolute atomic E-state index is 0.213. The number of nitrogens with zero attached hydrogens (tertiary/aromatic N) is 1. The van der Waals surface area contributed by atoms with E-state index in [1.54, 1.807) is 4.90 Å². The van der Waals surface area contributed by atoms with Crippen molar-refractivity contribution >= 4 is 12.0 Å². The Kier molecular flexibility index (Phi) is 3.62. The number of fused-ring (bicyclic) bond motifs is 1. The van der Waals surface area contributed by atoms with Crippen LogP contribution < -0.4 is 0 Å². The van der Waals surface area contributed by atoms with Gasteiger partial charge in [0.15, 0.2) is 0 Å². The molecule has 90 valence electrons. The molecule has 0 atom stereocenters. The molecule has 0 heterocycles. The lowest BCUT2D eigenvalue weighted by atomic mass is 9.90. The van der Waals surface area contributed by atoms with Crippen molar-refractivity contribution in [2.75, 3.05) is 14.1 Å². The molecule has 0 saturated heterocycles. The Morgan fingerprint density at radius 3 is 2.76 bits per heavy atom. The maximum Gasteiger partial charge on any atom is 0.222 e. The first-order valence-corrected chi connectivity index (χ1v) is 6.14. The third kappa shape index (κ3) is 2.96. The first-order chi connectivity index (χ1) is 8.16. The highest BCUT2D eigenvalue weighted by Gasteiger charge is 2.11. The first-order valence-electron chi connectivity index (χ1n) is 6.14. The van der Waals surface area contributed by atoms with E-state index in [-0.39, 0.29) is 5.91 Å². The van der Waals surface area contributed by atoms with Crippen LogP contribution in [0.15, 0.2) is 29.8 Å². The van der Waals surface area contributed by atoms with Crippen LogP contribution in [0.5, 0.6) is 0 Å². The second-order valence-corrected chi connectivity index (χ2v) is 4.79. The van der Waals surface area contributed by atoms with Crippen LogP contribution in [0.4, 0.5) is 0 Å². The lowest BCUT2D eigenvalue weighted by Crippen LogP contribution is -2.21. The molecule has 1 aromatic carbocycles. The molecule has 2 rings (SSSR count). The highest BCUT2D eigenvalue weighted by Crippen LogP contribution is 2.26. The van der Waals surface area contributed by atoms with E-state index in [1.807, 2.05) is 14.1 Å². The van der Waals surface area contributed by atoms with Gasteiger partial charge >= 0.3 is 0 Å². The first kappa shape index (κ1) is 11.9. The number of hydrogen-bond acceptors (Lipinski definition) is 1. The van der Waals surface area contributed by atoms with E-state index in [9.17, 15) is 4.79 Å². The molecule has 0 aliphatic heterocycles. The Labute approximate surface area is 103 Å². The molecule has 17 heavy (non-hydrogen) atoms. The van der Waals surface area contributed by atoms with E-state index >= 15 is 0 Å². The van der Waals surface area contributed by atoms with Crippen LogP contribution in [-0.2, 0) is 11.2 Å². The zero-order valence-electron chi connectivity index (χ0n) is 10.6. The molecule has 0 N–H and O–H groups in total. The summed E-state index contributed by atoms with van der Waals surface area (Å²) in [6.45, 7) is 0. The van der Waals surface area contributed by atoms with Crippen LogP contribution in [0, 0.1) is 0 Å². The molecule has 2 heteroatoms. The van der Waals surface area contributed by atoms with Crippen molar-refractivity contribution in [2.45, 2.75) is 25.7 Å². The Balaban J connectivity index is 2.01. The number of aryl methyl sites for hydroxylation is 1. The van der Waals surface area contributed by atoms with E-state index in [4.69, 9.17) is 0 Å². The van der Waals surface area contributed by atoms with Gasteiger partial charge in [-0.15, -0.1) is 0 Å². The predicted octanol–water partition coefficient (Wildman–Crippen LogP) is 2.88. The van der Waals surface area contributed by atoms with E-state index in [1.165, 1.54) is 16.7 Å². The third-order valence-electron chi connectivity index (χ3n) is 3.29. The summed E-state index contributed by atoms with van der Waals surface area (Å²) in [4.78, 5) is 13.2. The Bertz CT molecular complexity index is 446. The minimum Gasteiger partial charge on any atom is -0.349 e. The normalized spacial score (nSPS) is 13.9. The molecule has 0 radical (unpaired) electrons. The van der Waals surface area contributed by atoms with E-state index < -0.39 is 0 Å². The highest BCUT2D eigenvalue weighted by atomic mass is 16.2. The molecule has 0 aromatic heterocycles. The van der Waals surface area contributed by atoms with Crippen LogP contribution in [0.2, 0.25) is 0 Å². The molecule has 0 unspecified atom stereocenters. The molecule has 0 fully saturated rings. The van der Waals surface area contributed by atoms with Gasteiger partial charge in [0.05, 0.1) is 0 Å². The molecular formula is C15H19NO. The van der Waals surface area contributed by atoms with Crippen LogP contribution in [0.25, 0.3) is 6.08 Å². The quantitative estimate of drug-likeness (QED) is 0.780. The summed E-state index contributed by atoms with van der Waals surface area (Å²) in [6, 6.07) is 8.51. The summed E-state index contributed by atoms with van der Waals surface area (Å²) < 4.78 is 0. The standard InChI is InChI=1S/C15H19NO/c1-16(2)15(17)10-8-12-7-9-13-5-3-4-6-14(13)11-12/h3-6,11H,7-10H2,1-2H3. The monoisotopic (exact) mass is 229 g/mol. The van der Waals surface area contributed by atoms with Gasteiger partial charge in [-0.1, -0.05) is 35.9 Å². The fraction of sp³-hybridized carbons (Fsp3) is 0.400. The highest BCUT2D eigenvalue weighted by molar-refractivity contribution is 5.76. The maximum atomic E-state index is 11.5. The van der Waals surface area contributed by atoms with E-state index in [0.29, 0.717) is 6.42 Å². The number of carbonyl (C=O) groups is 1. The topological polar surface area (TPSA) is 20.3 Å². The summed E-state index contributed by atoms with van der Waals surface area (Å²) >= 11 is 0. The van der Waals surface area contributed by atoms with Crippen molar-refractivity contribution in [1.29, 1.82) is 0 Å². The predicted molar refractivity (Wildman–Crippen MR) is 70.7 cm³/mol. The van der Waals surface area contributed by atoms with Gasteiger partial charge in [0.25, 0.3) is 0 Å². The summed E-state index contributed by atoms with van der Waals surface area (Å²) in [5.74, 6) is 0.213. The Hall–Kier alpha value is -1.57. The van der Waals surface area contributed by atoms with Gasteiger partial charge in [-0.05, 0) is 30.4 Å². The molecule has 0 bridgehead atoms. The second kappa shape index (κ2) is 5.17. The number of benzene rings is 1. The molecule has 1 aromatic rings. The second-order valence-electron chi connectivity index (χ2n) is 4.79. The van der Waals surface area contributed by atoms with E-state index in [2.05, 4.69) is 30.3 Å². The van der Waals surface area contributed by atoms with Crippen molar-refractivity contribution in [3.8, 4) is 0 Å². The van der Waals surface area contributed by atoms with Gasteiger partial charge in [0.2, 0.25) is 5.91 Å². The van der Waals surface area contributed by atoms with Crippen molar-refractivity contribution in [3.63, 3.8) is 0 Å². The van der Waals surface area contributed by atoms with Crippen molar-refractivity contribution in [2.24, 2.45) is 0 Å². The van der Waals surface area contributed by atoms with Crippen LogP contribution in [0.1, 0.15) is 30.4 Å². The smallest absolute Gasteiger partial charge is 0.222 e. The number of rotatable bonds is 3. The minimum atomic E-state index is 0.213. The molecule has 1 aliphatic rings. The zero-order valence-corrected chi connectivity index (χ0v) is 10.6. The largest absolute Gasteiger partial charge is 0.349 e. The van der Waals surface area contributed by atoms with Crippen LogP contribution >= 0.6 is 0 Å². The van der Waals surface area contributed by atoms with Crippen LogP contribution in [0.3, 0.4) is 0 Å². The van der Waals surface area contributed by atoms with Gasteiger partial charge in [-0.25, -0.2) is 0 Å². The lowest BCUT2D eigenvalue weighted by Gasteiger charge is -2.17. The number of carbonyl (C=O) groups excluding carboxylic acids is 1. The summed E-state index contributed by atoms with van der Waals surface area (Å²) in [7, 11) is 3.62. The van der Waals surface area contributed by atoms with Crippen molar-refractivity contribution < 1.29 is 4.79 Å². The fourth-order valence-electron chi connectivity index (χ4n) is 2.18. The maximum absolute atomic E-state index is 11.5. The molecule has 2 nitrogen and oxygen atoms in total. The van der Waals surface area contributed by atoms with Gasteiger partial charge in [0, 0.05) is 20.5 Å². The van der Waals surface area contributed by atoms with Crippen LogP contribution in [-0.4, -0.2) is 24.9 Å².